The number of allylic oxidation sites excluding steroid dienone is 2. The standard InChI is InChI=1S/C10H19N3O/c1-8(7-10(12-2)14-11)9-3-5-13-6-4-9/h7,9,12-13H,1,3-6,11H2,2H3/b10-7-. The molecule has 1 saturated heterocycles. The van der Waals surface area contributed by atoms with Crippen LogP contribution in [0, 0.1) is 5.92 Å². The summed E-state index contributed by atoms with van der Waals surface area (Å²) in [7, 11) is 1.77. The van der Waals surface area contributed by atoms with Gasteiger partial charge in [0, 0.05) is 13.1 Å². The Morgan fingerprint density at radius 3 is 2.71 bits per heavy atom. The summed E-state index contributed by atoms with van der Waals surface area (Å²) in [4.78, 5) is 4.63. The number of hydrogen-bond acceptors (Lipinski definition) is 4. The van der Waals surface area contributed by atoms with E-state index < -0.39 is 0 Å². The molecule has 0 aromatic heterocycles. The van der Waals surface area contributed by atoms with Crippen molar-refractivity contribution < 1.29 is 4.84 Å². The number of piperidine rings is 1. The van der Waals surface area contributed by atoms with E-state index in [4.69, 9.17) is 5.90 Å². The van der Waals surface area contributed by atoms with Crippen LogP contribution in [-0.4, -0.2) is 20.1 Å². The van der Waals surface area contributed by atoms with Crippen molar-refractivity contribution in [2.45, 2.75) is 12.8 Å². The highest BCUT2D eigenvalue weighted by molar-refractivity contribution is 5.20. The lowest BCUT2D eigenvalue weighted by Crippen LogP contribution is -2.28. The molecule has 4 nitrogen and oxygen atoms in total. The molecule has 0 atom stereocenters. The van der Waals surface area contributed by atoms with Gasteiger partial charge in [0.2, 0.25) is 5.88 Å². The molecule has 0 aromatic rings. The summed E-state index contributed by atoms with van der Waals surface area (Å²) < 4.78 is 0. The van der Waals surface area contributed by atoms with E-state index in [-0.39, 0.29) is 0 Å². The van der Waals surface area contributed by atoms with Crippen molar-refractivity contribution in [2.75, 3.05) is 20.1 Å². The van der Waals surface area contributed by atoms with Crippen LogP contribution in [0.1, 0.15) is 12.8 Å². The summed E-state index contributed by atoms with van der Waals surface area (Å²) in [5, 5.41) is 6.18. The Balaban J connectivity index is 2.50. The first-order valence-corrected chi connectivity index (χ1v) is 4.93. The number of nitrogens with one attached hydrogen (secondary N) is 2. The molecule has 14 heavy (non-hydrogen) atoms. The molecule has 0 saturated carbocycles. The van der Waals surface area contributed by atoms with Gasteiger partial charge in [-0.2, -0.15) is 5.90 Å². The lowest BCUT2D eigenvalue weighted by molar-refractivity contribution is 0.201. The Morgan fingerprint density at radius 2 is 2.21 bits per heavy atom. The molecule has 4 heteroatoms. The normalized spacial score (nSPS) is 19.1. The zero-order chi connectivity index (χ0) is 10.4. The van der Waals surface area contributed by atoms with Gasteiger partial charge in [0.05, 0.1) is 0 Å². The van der Waals surface area contributed by atoms with Crippen LogP contribution in [0.5, 0.6) is 0 Å². The topological polar surface area (TPSA) is 59.3 Å². The van der Waals surface area contributed by atoms with Gasteiger partial charge in [-0.25, -0.2) is 0 Å². The SMILES string of the molecule is C=C(/C=C(/NC)ON)C1CCNCC1. The van der Waals surface area contributed by atoms with Crippen LogP contribution in [-0.2, 0) is 4.84 Å². The van der Waals surface area contributed by atoms with Crippen molar-refractivity contribution in [2.24, 2.45) is 11.8 Å². The molecule has 0 aromatic carbocycles. The summed E-state index contributed by atoms with van der Waals surface area (Å²) in [6.07, 6.45) is 4.14. The second-order valence-electron chi connectivity index (χ2n) is 3.48. The Kier molecular flexibility index (Phi) is 4.49. The van der Waals surface area contributed by atoms with Crippen molar-refractivity contribution in [3.05, 3.63) is 24.1 Å². The third-order valence-electron chi connectivity index (χ3n) is 2.55. The van der Waals surface area contributed by atoms with E-state index in [0.29, 0.717) is 11.8 Å². The molecular weight excluding hydrogens is 178 g/mol. The molecule has 1 rings (SSSR count). The van der Waals surface area contributed by atoms with Crippen molar-refractivity contribution in [3.63, 3.8) is 0 Å². The highest BCUT2D eigenvalue weighted by Gasteiger charge is 2.15. The number of rotatable bonds is 4. The van der Waals surface area contributed by atoms with E-state index in [0.717, 1.165) is 31.5 Å². The first-order chi connectivity index (χ1) is 6.77. The fourth-order valence-corrected chi connectivity index (χ4v) is 1.64. The molecular formula is C10H19N3O. The number of nitrogens with two attached hydrogens (primary N) is 1. The van der Waals surface area contributed by atoms with Gasteiger partial charge in [-0.1, -0.05) is 6.58 Å². The Labute approximate surface area is 85.1 Å². The minimum Gasteiger partial charge on any atom is -0.394 e. The lowest BCUT2D eigenvalue weighted by atomic mass is 9.91. The zero-order valence-corrected chi connectivity index (χ0v) is 8.68. The first-order valence-electron chi connectivity index (χ1n) is 4.93. The van der Waals surface area contributed by atoms with Gasteiger partial charge in [-0.3, -0.25) is 0 Å². The quantitative estimate of drug-likeness (QED) is 0.349. The van der Waals surface area contributed by atoms with Gasteiger partial charge < -0.3 is 15.5 Å². The molecule has 0 aliphatic carbocycles. The van der Waals surface area contributed by atoms with Gasteiger partial charge in [0.15, 0.2) is 0 Å². The summed E-state index contributed by atoms with van der Waals surface area (Å²) >= 11 is 0. The van der Waals surface area contributed by atoms with E-state index in [1.165, 1.54) is 0 Å². The molecule has 0 amide bonds. The third kappa shape index (κ3) is 3.05. The summed E-state index contributed by atoms with van der Waals surface area (Å²) in [6, 6.07) is 0. The molecule has 80 valence electrons. The van der Waals surface area contributed by atoms with E-state index in [1.54, 1.807) is 7.05 Å². The maximum atomic E-state index is 5.08. The fraction of sp³-hybridized carbons (Fsp3) is 0.600. The van der Waals surface area contributed by atoms with Crippen LogP contribution in [0.3, 0.4) is 0 Å². The van der Waals surface area contributed by atoms with Crippen LogP contribution >= 0.6 is 0 Å². The van der Waals surface area contributed by atoms with Crippen LogP contribution in [0.25, 0.3) is 0 Å². The molecule has 0 bridgehead atoms. The second-order valence-corrected chi connectivity index (χ2v) is 3.48. The van der Waals surface area contributed by atoms with E-state index in [9.17, 15) is 0 Å². The maximum Gasteiger partial charge on any atom is 0.211 e. The average molecular weight is 197 g/mol. The zero-order valence-electron chi connectivity index (χ0n) is 8.68. The Morgan fingerprint density at radius 1 is 1.57 bits per heavy atom. The molecule has 0 unspecified atom stereocenters. The third-order valence-corrected chi connectivity index (χ3v) is 2.55. The Hall–Kier alpha value is -1.00. The molecule has 1 aliphatic rings. The predicted molar refractivity (Wildman–Crippen MR) is 57.1 cm³/mol. The highest BCUT2D eigenvalue weighted by Crippen LogP contribution is 2.21. The van der Waals surface area contributed by atoms with E-state index in [2.05, 4.69) is 22.1 Å². The van der Waals surface area contributed by atoms with Gasteiger partial charge in [-0.05, 0) is 37.4 Å². The van der Waals surface area contributed by atoms with Crippen LogP contribution in [0.15, 0.2) is 24.1 Å². The lowest BCUT2D eigenvalue weighted by Gasteiger charge is -2.23. The minimum absolute atomic E-state index is 0.551. The van der Waals surface area contributed by atoms with E-state index >= 15 is 0 Å². The van der Waals surface area contributed by atoms with Gasteiger partial charge in [0.1, 0.15) is 0 Å². The van der Waals surface area contributed by atoms with Crippen LogP contribution in [0.4, 0.5) is 0 Å². The van der Waals surface area contributed by atoms with Gasteiger partial charge >= 0.3 is 0 Å². The fourth-order valence-electron chi connectivity index (χ4n) is 1.64. The largest absolute Gasteiger partial charge is 0.394 e. The van der Waals surface area contributed by atoms with Crippen molar-refractivity contribution in [1.29, 1.82) is 0 Å². The van der Waals surface area contributed by atoms with Crippen LogP contribution in [0.2, 0.25) is 0 Å². The summed E-state index contributed by atoms with van der Waals surface area (Å²) in [5.41, 5.74) is 1.08. The first kappa shape index (κ1) is 11.1. The van der Waals surface area contributed by atoms with Crippen LogP contribution < -0.4 is 16.5 Å². The monoisotopic (exact) mass is 197 g/mol. The van der Waals surface area contributed by atoms with E-state index in [1.807, 2.05) is 6.08 Å². The van der Waals surface area contributed by atoms with Gasteiger partial charge in [-0.15, -0.1) is 0 Å². The van der Waals surface area contributed by atoms with Crippen molar-refractivity contribution >= 4 is 0 Å². The molecule has 1 aliphatic heterocycles. The van der Waals surface area contributed by atoms with Crippen molar-refractivity contribution in [1.82, 2.24) is 10.6 Å². The minimum atomic E-state index is 0.551. The molecule has 1 heterocycles. The highest BCUT2D eigenvalue weighted by atomic mass is 16.6. The summed E-state index contributed by atoms with van der Waals surface area (Å²) in [5.74, 6) is 6.19. The molecule has 0 radical (unpaired) electrons. The molecule has 0 spiro atoms. The van der Waals surface area contributed by atoms with Gasteiger partial charge in [0.25, 0.3) is 0 Å². The second kappa shape index (κ2) is 5.67. The average Bonchev–Trinajstić information content (AvgIpc) is 2.26. The predicted octanol–water partition coefficient (Wildman–Crippen LogP) is 0.493. The molecule has 4 N–H and O–H groups in total. The smallest absolute Gasteiger partial charge is 0.211 e. The summed E-state index contributed by atoms with van der Waals surface area (Å²) in [6.45, 7) is 6.17. The molecule has 1 fully saturated rings. The maximum absolute atomic E-state index is 5.08. The Bertz CT molecular complexity index is 213. The van der Waals surface area contributed by atoms with Crippen molar-refractivity contribution in [3.8, 4) is 0 Å². The number of hydrogen-bond donors (Lipinski definition) is 3.